The highest BCUT2D eigenvalue weighted by atomic mass is 19.1. The third-order valence-electron chi connectivity index (χ3n) is 9.23. The highest BCUT2D eigenvalue weighted by Crippen LogP contribution is 2.39. The van der Waals surface area contributed by atoms with Gasteiger partial charge in [0.2, 0.25) is 0 Å². The van der Waals surface area contributed by atoms with Gasteiger partial charge in [-0.3, -0.25) is 4.79 Å². The summed E-state index contributed by atoms with van der Waals surface area (Å²) in [7, 11) is 3.50. The van der Waals surface area contributed by atoms with Gasteiger partial charge in [-0.15, -0.1) is 0 Å². The van der Waals surface area contributed by atoms with Crippen molar-refractivity contribution in [2.24, 2.45) is 18.7 Å². The third kappa shape index (κ3) is 5.18. The highest BCUT2D eigenvalue weighted by molar-refractivity contribution is 6.00. The lowest BCUT2D eigenvalue weighted by molar-refractivity contribution is 0.0606. The molecule has 3 N–H and O–H groups in total. The van der Waals surface area contributed by atoms with Crippen molar-refractivity contribution >= 4 is 28.0 Å². The second-order valence-electron chi connectivity index (χ2n) is 12.6. The van der Waals surface area contributed by atoms with Crippen molar-refractivity contribution in [1.29, 1.82) is 0 Å². The van der Waals surface area contributed by atoms with Crippen LogP contribution in [0.4, 0.5) is 4.39 Å². The normalized spacial score (nSPS) is 18.3. The van der Waals surface area contributed by atoms with Gasteiger partial charge in [0.25, 0.3) is 5.91 Å². The van der Waals surface area contributed by atoms with E-state index in [1.807, 2.05) is 35.9 Å². The van der Waals surface area contributed by atoms with Gasteiger partial charge in [0.15, 0.2) is 11.6 Å². The predicted octanol–water partition coefficient (Wildman–Crippen LogP) is 5.55. The summed E-state index contributed by atoms with van der Waals surface area (Å²) >= 11 is 0. The number of imidazole rings is 1. The fourth-order valence-corrected chi connectivity index (χ4v) is 6.71. The lowest BCUT2D eigenvalue weighted by Gasteiger charge is -2.33. The number of aromatic hydroxyl groups is 1. The lowest BCUT2D eigenvalue weighted by atomic mass is 10.0. The van der Waals surface area contributed by atoms with Crippen LogP contribution in [0.2, 0.25) is 0 Å². The van der Waals surface area contributed by atoms with E-state index in [9.17, 15) is 14.3 Å². The molecule has 1 aliphatic heterocycles. The molecule has 47 heavy (non-hydrogen) atoms. The number of hydrogen-bond donors (Lipinski definition) is 2. The molecule has 0 spiro atoms. The van der Waals surface area contributed by atoms with Crippen molar-refractivity contribution in [3.63, 3.8) is 0 Å². The summed E-state index contributed by atoms with van der Waals surface area (Å²) in [5.74, 6) is 2.03. The van der Waals surface area contributed by atoms with Crippen LogP contribution < -0.4 is 10.5 Å². The van der Waals surface area contributed by atoms with Crippen molar-refractivity contribution < 1.29 is 23.6 Å². The Balaban J connectivity index is 1.23. The van der Waals surface area contributed by atoms with Crippen LogP contribution in [0.15, 0.2) is 65.3 Å². The molecule has 1 amide bonds. The molecule has 0 unspecified atom stereocenters. The standard InChI is InChI=1S/C35H34FN7O4/c1-41-32-27(12-22(14-31(32)46-2)35(45)42-17-23(36)15-24(37)18-42)40-34(41)28-13-21-5-7-26(39-33(21)43(28)16-19-3-4-19)20-6-8-29(44)25(11-20)30-9-10-38-47-30/h5-14,19,23-24,44H,3-4,15-18,37H2,1-2H3/t23-,24-/m1/s1. The van der Waals surface area contributed by atoms with Gasteiger partial charge in [-0.05, 0) is 73.7 Å². The smallest absolute Gasteiger partial charge is 0.254 e. The number of nitrogens with zero attached hydrogens (tertiary/aromatic N) is 6. The highest BCUT2D eigenvalue weighted by Gasteiger charge is 2.31. The van der Waals surface area contributed by atoms with E-state index in [0.717, 1.165) is 52.9 Å². The fraction of sp³-hybridized carbons (Fsp3) is 0.314. The first-order chi connectivity index (χ1) is 22.8. The summed E-state index contributed by atoms with van der Waals surface area (Å²) in [5, 5.41) is 15.2. The van der Waals surface area contributed by atoms with Gasteiger partial charge >= 0.3 is 0 Å². The van der Waals surface area contributed by atoms with E-state index >= 15 is 0 Å². The Labute approximate surface area is 269 Å². The van der Waals surface area contributed by atoms with E-state index < -0.39 is 12.2 Å². The third-order valence-corrected chi connectivity index (χ3v) is 9.23. The molecule has 5 heterocycles. The summed E-state index contributed by atoms with van der Waals surface area (Å²) in [6.07, 6.45) is 2.94. The first kappa shape index (κ1) is 29.2. The summed E-state index contributed by atoms with van der Waals surface area (Å²) in [6, 6.07) is 16.2. The number of pyridine rings is 1. The van der Waals surface area contributed by atoms with E-state index in [0.29, 0.717) is 46.4 Å². The molecule has 2 atom stereocenters. The predicted molar refractivity (Wildman–Crippen MR) is 175 cm³/mol. The van der Waals surface area contributed by atoms with Gasteiger partial charge in [0.05, 0.1) is 42.3 Å². The van der Waals surface area contributed by atoms with Crippen molar-refractivity contribution in [3.05, 3.63) is 66.4 Å². The van der Waals surface area contributed by atoms with Crippen molar-refractivity contribution in [2.45, 2.75) is 38.0 Å². The van der Waals surface area contributed by atoms with Crippen LogP contribution >= 0.6 is 0 Å². The van der Waals surface area contributed by atoms with Crippen molar-refractivity contribution in [3.8, 4) is 45.6 Å². The summed E-state index contributed by atoms with van der Waals surface area (Å²) in [6.45, 7) is 1.11. The minimum absolute atomic E-state index is 0.0160. The first-order valence-corrected chi connectivity index (χ1v) is 15.8. The number of hydrogen-bond acceptors (Lipinski definition) is 8. The molecular formula is C35H34FN7O4. The van der Waals surface area contributed by atoms with Gasteiger partial charge in [-0.2, -0.15) is 0 Å². The van der Waals surface area contributed by atoms with Crippen LogP contribution in [-0.4, -0.2) is 72.6 Å². The van der Waals surface area contributed by atoms with Crippen LogP contribution in [0.5, 0.6) is 11.5 Å². The topological polar surface area (TPSA) is 137 Å². The number of phenolic OH excluding ortho intramolecular Hbond substituents is 1. The van der Waals surface area contributed by atoms with E-state index in [2.05, 4.69) is 15.8 Å². The van der Waals surface area contributed by atoms with Gasteiger partial charge < -0.3 is 34.1 Å². The number of methoxy groups -OCH3 is 1. The van der Waals surface area contributed by atoms with E-state index in [1.54, 1.807) is 37.6 Å². The molecule has 1 saturated carbocycles. The maximum Gasteiger partial charge on any atom is 0.254 e. The minimum Gasteiger partial charge on any atom is -0.507 e. The quantitative estimate of drug-likeness (QED) is 0.233. The zero-order valence-corrected chi connectivity index (χ0v) is 26.1. The van der Waals surface area contributed by atoms with Crippen molar-refractivity contribution in [1.82, 2.24) is 29.2 Å². The maximum atomic E-state index is 14.3. The number of aryl methyl sites for hydroxylation is 1. The molecule has 11 nitrogen and oxygen atoms in total. The molecule has 1 aliphatic carbocycles. The van der Waals surface area contributed by atoms with Crippen LogP contribution in [0.25, 0.3) is 56.2 Å². The van der Waals surface area contributed by atoms with Crippen LogP contribution in [0.3, 0.4) is 0 Å². The molecule has 8 rings (SSSR count). The molecule has 12 heteroatoms. The van der Waals surface area contributed by atoms with Gasteiger partial charge in [-0.1, -0.05) is 5.16 Å². The number of aromatic nitrogens is 5. The van der Waals surface area contributed by atoms with Crippen molar-refractivity contribution in [2.75, 3.05) is 20.2 Å². The minimum atomic E-state index is -1.15. The molecule has 4 aromatic heterocycles. The summed E-state index contributed by atoms with van der Waals surface area (Å²) in [4.78, 5) is 25.1. The Morgan fingerprint density at radius 1 is 1.11 bits per heavy atom. The average molecular weight is 636 g/mol. The number of nitrogens with two attached hydrogens (primary N) is 1. The number of ether oxygens (including phenoxy) is 1. The van der Waals surface area contributed by atoms with Gasteiger partial charge in [0.1, 0.15) is 28.8 Å². The molecule has 0 radical (unpaired) electrons. The molecule has 240 valence electrons. The second kappa shape index (κ2) is 11.2. The lowest BCUT2D eigenvalue weighted by Crippen LogP contribution is -2.50. The van der Waals surface area contributed by atoms with E-state index in [1.165, 1.54) is 4.90 Å². The number of piperidine rings is 1. The number of carbonyl (C=O) groups excluding carboxylic acids is 1. The largest absolute Gasteiger partial charge is 0.507 e. The second-order valence-corrected chi connectivity index (χ2v) is 12.6. The summed E-state index contributed by atoms with van der Waals surface area (Å²) < 4.78 is 29.6. The SMILES string of the molecule is COc1cc(C(=O)N2C[C@H](N)C[C@@H](F)C2)cc2nc(-c3cc4ccc(-c5ccc(O)c(-c6ccno6)c5)nc4n3CC3CC3)n(C)c12. The molecule has 2 fully saturated rings. The number of fused-ring (bicyclic) bond motifs is 2. The zero-order valence-electron chi connectivity index (χ0n) is 26.1. The van der Waals surface area contributed by atoms with Gasteiger partial charge in [-0.25, -0.2) is 14.4 Å². The Kier molecular flexibility index (Phi) is 6.98. The molecule has 2 aliphatic rings. The molecule has 1 saturated heterocycles. The fourth-order valence-electron chi connectivity index (χ4n) is 6.71. The number of amides is 1. The number of alkyl halides is 1. The number of phenols is 1. The van der Waals surface area contributed by atoms with E-state index in [4.69, 9.17) is 25.0 Å². The molecular weight excluding hydrogens is 601 g/mol. The monoisotopic (exact) mass is 635 g/mol. The zero-order chi connectivity index (χ0) is 32.4. The van der Waals surface area contributed by atoms with E-state index in [-0.39, 0.29) is 24.6 Å². The molecule has 2 aromatic carbocycles. The summed E-state index contributed by atoms with van der Waals surface area (Å²) in [5.41, 5.74) is 11.6. The molecule has 6 aromatic rings. The Morgan fingerprint density at radius 2 is 1.96 bits per heavy atom. The number of rotatable bonds is 7. The van der Waals surface area contributed by atoms with Crippen LogP contribution in [-0.2, 0) is 13.6 Å². The Bertz CT molecular complexity index is 2140. The number of benzene rings is 2. The first-order valence-electron chi connectivity index (χ1n) is 15.8. The molecule has 0 bridgehead atoms. The maximum absolute atomic E-state index is 14.3. The van der Waals surface area contributed by atoms with Gasteiger partial charge in [0, 0.05) is 48.8 Å². The van der Waals surface area contributed by atoms with Crippen LogP contribution in [0.1, 0.15) is 29.6 Å². The number of halogens is 1. The van der Waals surface area contributed by atoms with Crippen LogP contribution in [0, 0.1) is 5.92 Å². The number of carbonyl (C=O) groups is 1. The Morgan fingerprint density at radius 3 is 2.70 bits per heavy atom. The number of likely N-dealkylation sites (tertiary alicyclic amines) is 1. The average Bonchev–Trinajstić information content (AvgIpc) is 3.42. The Hall–Kier alpha value is -5.23.